The lowest BCUT2D eigenvalue weighted by molar-refractivity contribution is 0.595. The minimum atomic E-state index is -3.39. The number of halogens is 1. The highest BCUT2D eigenvalue weighted by molar-refractivity contribution is 7.90. The third-order valence-electron chi connectivity index (χ3n) is 3.05. The van der Waals surface area contributed by atoms with Gasteiger partial charge in [-0.3, -0.25) is 0 Å². The van der Waals surface area contributed by atoms with Gasteiger partial charge in [-0.1, -0.05) is 35.9 Å². The van der Waals surface area contributed by atoms with Gasteiger partial charge in [-0.25, -0.2) is 8.42 Å². The van der Waals surface area contributed by atoms with Gasteiger partial charge in [-0.05, 0) is 41.8 Å². The van der Waals surface area contributed by atoms with E-state index in [1.807, 2.05) is 13.0 Å². The Balaban J connectivity index is 2.33. The molecule has 0 aliphatic rings. The summed E-state index contributed by atoms with van der Waals surface area (Å²) < 4.78 is 24.8. The summed E-state index contributed by atoms with van der Waals surface area (Å²) in [6.45, 7) is 2.24. The van der Waals surface area contributed by atoms with Gasteiger partial charge in [0.15, 0.2) is 9.84 Å². The molecular weight excluding hydrogens is 294 g/mol. The molecule has 0 spiro atoms. The van der Waals surface area contributed by atoms with Gasteiger partial charge in [-0.15, -0.1) is 0 Å². The van der Waals surface area contributed by atoms with Crippen LogP contribution in [0.15, 0.2) is 47.4 Å². The molecule has 0 atom stereocenters. The van der Waals surface area contributed by atoms with Gasteiger partial charge >= 0.3 is 0 Å². The fraction of sp³-hybridized carbons (Fsp3) is 0.200. The summed E-state index contributed by atoms with van der Waals surface area (Å²) in [7, 11) is -3.39. The van der Waals surface area contributed by atoms with Crippen molar-refractivity contribution in [2.75, 3.05) is 0 Å². The molecular formula is C15H16ClNO2S. The highest BCUT2D eigenvalue weighted by Crippen LogP contribution is 2.23. The monoisotopic (exact) mass is 309 g/mol. The van der Waals surface area contributed by atoms with E-state index in [9.17, 15) is 8.42 Å². The van der Waals surface area contributed by atoms with Crippen LogP contribution in [0.3, 0.4) is 0 Å². The molecule has 0 bridgehead atoms. The molecule has 0 amide bonds. The molecule has 0 radical (unpaired) electrons. The summed E-state index contributed by atoms with van der Waals surface area (Å²) in [6, 6.07) is 12.1. The van der Waals surface area contributed by atoms with Gasteiger partial charge in [-0.2, -0.15) is 0 Å². The third-order valence-corrected chi connectivity index (χ3v) is 5.06. The zero-order valence-electron chi connectivity index (χ0n) is 11.1. The molecule has 3 nitrogen and oxygen atoms in total. The first-order chi connectivity index (χ1) is 9.42. The topological polar surface area (TPSA) is 60.2 Å². The highest BCUT2D eigenvalue weighted by Gasteiger charge is 2.17. The molecule has 2 aromatic rings. The Bertz CT molecular complexity index is 726. The number of hydrogen-bond donors (Lipinski definition) is 1. The second kappa shape index (κ2) is 5.95. The average molecular weight is 310 g/mol. The van der Waals surface area contributed by atoms with Crippen LogP contribution in [0, 0.1) is 6.92 Å². The van der Waals surface area contributed by atoms with Crippen molar-refractivity contribution < 1.29 is 8.42 Å². The molecule has 2 N–H and O–H groups in total. The van der Waals surface area contributed by atoms with Crippen molar-refractivity contribution >= 4 is 21.4 Å². The van der Waals surface area contributed by atoms with Crippen LogP contribution in [-0.4, -0.2) is 8.42 Å². The van der Waals surface area contributed by atoms with Crippen molar-refractivity contribution in [1.82, 2.24) is 0 Å². The average Bonchev–Trinajstić information content (AvgIpc) is 2.41. The van der Waals surface area contributed by atoms with Gasteiger partial charge in [0.05, 0.1) is 10.6 Å². The van der Waals surface area contributed by atoms with E-state index in [1.54, 1.807) is 36.4 Å². The SMILES string of the molecule is Cc1cccc(S(=O)(=O)Cc2ccc(CN)cc2Cl)c1. The van der Waals surface area contributed by atoms with E-state index in [0.29, 0.717) is 22.0 Å². The van der Waals surface area contributed by atoms with E-state index >= 15 is 0 Å². The van der Waals surface area contributed by atoms with Crippen LogP contribution in [0.5, 0.6) is 0 Å². The molecule has 0 saturated carbocycles. The molecule has 0 unspecified atom stereocenters. The van der Waals surface area contributed by atoms with Crippen molar-refractivity contribution in [2.24, 2.45) is 5.73 Å². The number of aryl methyl sites for hydroxylation is 1. The molecule has 0 aromatic heterocycles. The molecule has 0 heterocycles. The van der Waals surface area contributed by atoms with Crippen LogP contribution in [-0.2, 0) is 22.1 Å². The summed E-state index contributed by atoms with van der Waals surface area (Å²) in [5.74, 6) is -0.111. The smallest absolute Gasteiger partial charge is 0.182 e. The van der Waals surface area contributed by atoms with Crippen molar-refractivity contribution in [2.45, 2.75) is 24.1 Å². The second-order valence-electron chi connectivity index (χ2n) is 4.71. The summed E-state index contributed by atoms with van der Waals surface area (Å²) in [6.07, 6.45) is 0. The van der Waals surface area contributed by atoms with E-state index in [2.05, 4.69) is 0 Å². The van der Waals surface area contributed by atoms with Gasteiger partial charge < -0.3 is 5.73 Å². The molecule has 20 heavy (non-hydrogen) atoms. The zero-order chi connectivity index (χ0) is 14.8. The van der Waals surface area contributed by atoms with Crippen LogP contribution in [0.2, 0.25) is 5.02 Å². The van der Waals surface area contributed by atoms with Crippen molar-refractivity contribution in [1.29, 1.82) is 0 Å². The van der Waals surface area contributed by atoms with Crippen LogP contribution < -0.4 is 5.73 Å². The van der Waals surface area contributed by atoms with Gasteiger partial charge in [0.2, 0.25) is 0 Å². The van der Waals surface area contributed by atoms with Crippen molar-refractivity contribution in [3.8, 4) is 0 Å². The fourth-order valence-electron chi connectivity index (χ4n) is 1.93. The normalized spacial score (nSPS) is 11.6. The van der Waals surface area contributed by atoms with E-state index < -0.39 is 9.84 Å². The Labute approximate surface area is 124 Å². The minimum absolute atomic E-state index is 0.111. The van der Waals surface area contributed by atoms with Crippen molar-refractivity contribution in [3.63, 3.8) is 0 Å². The lowest BCUT2D eigenvalue weighted by Crippen LogP contribution is -2.06. The predicted octanol–water partition coefficient (Wildman–Crippen LogP) is 3.08. The van der Waals surface area contributed by atoms with Gasteiger partial charge in [0.25, 0.3) is 0 Å². The Kier molecular flexibility index (Phi) is 4.48. The Morgan fingerprint density at radius 3 is 2.50 bits per heavy atom. The summed E-state index contributed by atoms with van der Waals surface area (Å²) >= 11 is 6.11. The summed E-state index contributed by atoms with van der Waals surface area (Å²) in [4.78, 5) is 0.316. The summed E-state index contributed by atoms with van der Waals surface area (Å²) in [5.41, 5.74) is 7.91. The molecule has 0 aliphatic carbocycles. The maximum absolute atomic E-state index is 12.4. The van der Waals surface area contributed by atoms with Gasteiger partial charge in [0, 0.05) is 11.6 Å². The van der Waals surface area contributed by atoms with E-state index in [4.69, 9.17) is 17.3 Å². The highest BCUT2D eigenvalue weighted by atomic mass is 35.5. The molecule has 0 saturated heterocycles. The third kappa shape index (κ3) is 3.39. The molecule has 0 fully saturated rings. The lowest BCUT2D eigenvalue weighted by atomic mass is 10.1. The van der Waals surface area contributed by atoms with E-state index in [1.165, 1.54) is 0 Å². The maximum atomic E-state index is 12.4. The molecule has 5 heteroatoms. The number of nitrogens with two attached hydrogens (primary N) is 1. The van der Waals surface area contributed by atoms with Crippen LogP contribution in [0.4, 0.5) is 0 Å². The number of rotatable bonds is 4. The molecule has 0 aliphatic heterocycles. The predicted molar refractivity (Wildman–Crippen MR) is 81.4 cm³/mol. The number of sulfone groups is 1. The first-order valence-electron chi connectivity index (χ1n) is 6.19. The summed E-state index contributed by atoms with van der Waals surface area (Å²) in [5, 5.41) is 0.434. The van der Waals surface area contributed by atoms with Crippen LogP contribution >= 0.6 is 11.6 Å². The fourth-order valence-corrected chi connectivity index (χ4v) is 3.76. The minimum Gasteiger partial charge on any atom is -0.326 e. The molecule has 2 rings (SSSR count). The standard InChI is InChI=1S/C15H16ClNO2S/c1-11-3-2-4-14(7-11)20(18,19)10-13-6-5-12(9-17)8-15(13)16/h2-8H,9-10,17H2,1H3. The zero-order valence-corrected chi connectivity index (χ0v) is 12.7. The maximum Gasteiger partial charge on any atom is 0.182 e. The van der Waals surface area contributed by atoms with Crippen LogP contribution in [0.1, 0.15) is 16.7 Å². The van der Waals surface area contributed by atoms with Crippen molar-refractivity contribution in [3.05, 3.63) is 64.2 Å². The Hall–Kier alpha value is -1.36. The lowest BCUT2D eigenvalue weighted by Gasteiger charge is -2.08. The largest absolute Gasteiger partial charge is 0.326 e. The number of benzene rings is 2. The van der Waals surface area contributed by atoms with Crippen LogP contribution in [0.25, 0.3) is 0 Å². The second-order valence-corrected chi connectivity index (χ2v) is 7.10. The first kappa shape index (κ1) is 15.0. The molecule has 2 aromatic carbocycles. The first-order valence-corrected chi connectivity index (χ1v) is 8.22. The quantitative estimate of drug-likeness (QED) is 0.944. The van der Waals surface area contributed by atoms with E-state index in [0.717, 1.165) is 11.1 Å². The van der Waals surface area contributed by atoms with Gasteiger partial charge in [0.1, 0.15) is 0 Å². The van der Waals surface area contributed by atoms with E-state index in [-0.39, 0.29) is 5.75 Å². The molecule has 106 valence electrons. The Morgan fingerprint density at radius 1 is 1.15 bits per heavy atom. The Morgan fingerprint density at radius 2 is 1.90 bits per heavy atom. The number of hydrogen-bond acceptors (Lipinski definition) is 3.